The third-order valence-corrected chi connectivity index (χ3v) is 5.80. The fourth-order valence-electron chi connectivity index (χ4n) is 4.31. The summed E-state index contributed by atoms with van der Waals surface area (Å²) in [5.41, 5.74) is 2.01. The van der Waals surface area contributed by atoms with Crippen molar-refractivity contribution in [3.8, 4) is 22.8 Å². The Morgan fingerprint density at radius 2 is 1.83 bits per heavy atom. The average molecular weight is 402 g/mol. The molecule has 2 aliphatic heterocycles. The Morgan fingerprint density at radius 1 is 1.03 bits per heavy atom. The van der Waals surface area contributed by atoms with Crippen molar-refractivity contribution in [2.24, 2.45) is 7.05 Å². The monoisotopic (exact) mass is 402 g/mol. The van der Waals surface area contributed by atoms with Crippen LogP contribution in [-0.4, -0.2) is 25.3 Å². The number of fused-ring (bicyclic) bond motifs is 4. The minimum atomic E-state index is -0.672. The molecule has 0 aliphatic carbocycles. The van der Waals surface area contributed by atoms with Gasteiger partial charge in [0.1, 0.15) is 30.2 Å². The molecule has 148 valence electrons. The molecular formula is C24H17FNO4+. The molecule has 0 saturated carbocycles. The third-order valence-electron chi connectivity index (χ3n) is 5.80. The van der Waals surface area contributed by atoms with Crippen molar-refractivity contribution >= 4 is 27.6 Å². The molecule has 30 heavy (non-hydrogen) atoms. The van der Waals surface area contributed by atoms with Crippen LogP contribution < -0.4 is 9.30 Å². The molecular weight excluding hydrogens is 385 g/mol. The number of esters is 1. The molecule has 0 N–H and O–H groups in total. The molecule has 4 aromatic rings. The lowest BCUT2D eigenvalue weighted by Gasteiger charge is -2.25. The summed E-state index contributed by atoms with van der Waals surface area (Å²) in [5.74, 6) is 0.183. The first-order valence-electron chi connectivity index (χ1n) is 9.76. The Kier molecular flexibility index (Phi) is 3.61. The van der Waals surface area contributed by atoms with Crippen molar-refractivity contribution < 1.29 is 28.0 Å². The Hall–Kier alpha value is -3.51. The van der Waals surface area contributed by atoms with E-state index in [0.29, 0.717) is 29.9 Å². The van der Waals surface area contributed by atoms with Crippen molar-refractivity contribution in [2.45, 2.75) is 6.10 Å². The molecule has 1 saturated heterocycles. The highest BCUT2D eigenvalue weighted by Crippen LogP contribution is 2.46. The van der Waals surface area contributed by atoms with Crippen molar-refractivity contribution in [3.63, 3.8) is 0 Å². The summed E-state index contributed by atoms with van der Waals surface area (Å²) in [4.78, 5) is 12.6. The fraction of sp³-hybridized carbons (Fsp3) is 0.167. The van der Waals surface area contributed by atoms with Crippen LogP contribution in [0, 0.1) is 5.82 Å². The van der Waals surface area contributed by atoms with Gasteiger partial charge in [-0.3, -0.25) is 0 Å². The van der Waals surface area contributed by atoms with E-state index in [1.165, 1.54) is 6.07 Å². The standard InChI is InChI=1S/C24H17FNO4/c1-26-22-16-5-2-3-7-18(16)30-19-8-4-6-14(20(19)22)15-9-10-17(21(25)23(15)26)24(27)29-13-11-28-12-13/h2-10,13H,11-12H2,1H3/q+1. The molecule has 6 rings (SSSR count). The molecule has 2 aliphatic rings. The second kappa shape index (κ2) is 6.24. The van der Waals surface area contributed by atoms with Gasteiger partial charge in [-0.15, -0.1) is 0 Å². The summed E-state index contributed by atoms with van der Waals surface area (Å²) in [6.07, 6.45) is -0.314. The van der Waals surface area contributed by atoms with Gasteiger partial charge < -0.3 is 14.2 Å². The Labute approximate surface area is 171 Å². The van der Waals surface area contributed by atoms with Crippen LogP contribution in [0.1, 0.15) is 10.4 Å². The molecule has 0 amide bonds. The maximum atomic E-state index is 15.7. The van der Waals surface area contributed by atoms with E-state index >= 15 is 4.39 Å². The lowest BCUT2D eigenvalue weighted by Crippen LogP contribution is -2.38. The van der Waals surface area contributed by atoms with Crippen LogP contribution in [0.3, 0.4) is 0 Å². The van der Waals surface area contributed by atoms with Crippen molar-refractivity contribution in [1.29, 1.82) is 0 Å². The van der Waals surface area contributed by atoms with Crippen LogP contribution in [0.2, 0.25) is 0 Å². The number of ether oxygens (including phenoxy) is 3. The van der Waals surface area contributed by atoms with E-state index in [1.54, 1.807) is 10.6 Å². The number of hydrogen-bond acceptors (Lipinski definition) is 4. The highest BCUT2D eigenvalue weighted by molar-refractivity contribution is 6.13. The van der Waals surface area contributed by atoms with Crippen LogP contribution in [0.4, 0.5) is 4.39 Å². The van der Waals surface area contributed by atoms with Crippen LogP contribution in [0.15, 0.2) is 54.6 Å². The van der Waals surface area contributed by atoms with Crippen LogP contribution >= 0.6 is 0 Å². The predicted molar refractivity (Wildman–Crippen MR) is 108 cm³/mol. The number of pyridine rings is 1. The van der Waals surface area contributed by atoms with E-state index in [9.17, 15) is 4.79 Å². The second-order valence-corrected chi connectivity index (χ2v) is 7.57. The van der Waals surface area contributed by atoms with E-state index in [1.807, 2.05) is 49.5 Å². The number of halogens is 1. The van der Waals surface area contributed by atoms with Gasteiger partial charge in [-0.25, -0.2) is 4.79 Å². The van der Waals surface area contributed by atoms with Gasteiger partial charge in [0.25, 0.3) is 0 Å². The second-order valence-electron chi connectivity index (χ2n) is 7.57. The molecule has 0 spiro atoms. The number of aromatic nitrogens is 1. The molecule has 1 fully saturated rings. The summed E-state index contributed by atoms with van der Waals surface area (Å²) in [5, 5.41) is 2.51. The van der Waals surface area contributed by atoms with Crippen molar-refractivity contribution in [2.75, 3.05) is 13.2 Å². The zero-order valence-electron chi connectivity index (χ0n) is 16.1. The first kappa shape index (κ1) is 17.4. The Morgan fingerprint density at radius 3 is 2.63 bits per heavy atom. The van der Waals surface area contributed by atoms with Gasteiger partial charge >= 0.3 is 5.97 Å². The van der Waals surface area contributed by atoms with Gasteiger partial charge in [0, 0.05) is 5.39 Å². The minimum absolute atomic E-state index is 0.0759. The van der Waals surface area contributed by atoms with E-state index < -0.39 is 11.8 Å². The highest BCUT2D eigenvalue weighted by atomic mass is 19.1. The quantitative estimate of drug-likeness (QED) is 0.251. The number of benzene rings is 3. The topological polar surface area (TPSA) is 48.6 Å². The summed E-state index contributed by atoms with van der Waals surface area (Å²) >= 11 is 0. The van der Waals surface area contributed by atoms with Gasteiger partial charge in [0.05, 0.1) is 29.5 Å². The Bertz CT molecular complexity index is 1380. The van der Waals surface area contributed by atoms with E-state index in [2.05, 4.69) is 0 Å². The normalized spacial score (nSPS) is 14.9. The maximum Gasteiger partial charge on any atom is 0.341 e. The summed E-state index contributed by atoms with van der Waals surface area (Å²) in [6.45, 7) is 0.701. The molecule has 0 bridgehead atoms. The summed E-state index contributed by atoms with van der Waals surface area (Å²) in [6, 6.07) is 16.7. The zero-order valence-corrected chi connectivity index (χ0v) is 16.1. The molecule has 3 aromatic carbocycles. The smallest absolute Gasteiger partial charge is 0.341 e. The SMILES string of the molecule is C[n+]1c2c3c(cccc3c3ccc(C(=O)OC4COC4)c(F)c31)Oc1ccccc1-2. The number of hydrogen-bond donors (Lipinski definition) is 0. The highest BCUT2D eigenvalue weighted by Gasteiger charge is 2.33. The number of rotatable bonds is 2. The number of nitrogens with zero attached hydrogens (tertiary/aromatic N) is 1. The fourth-order valence-corrected chi connectivity index (χ4v) is 4.31. The maximum absolute atomic E-state index is 15.7. The zero-order chi connectivity index (χ0) is 20.4. The van der Waals surface area contributed by atoms with Gasteiger partial charge in [-0.2, -0.15) is 8.96 Å². The van der Waals surface area contributed by atoms with Gasteiger partial charge in [-0.1, -0.05) is 24.3 Å². The number of aryl methyl sites for hydroxylation is 1. The lowest BCUT2D eigenvalue weighted by molar-refractivity contribution is -0.633. The lowest BCUT2D eigenvalue weighted by atomic mass is 9.95. The summed E-state index contributed by atoms with van der Waals surface area (Å²) in [7, 11) is 1.81. The molecule has 0 atom stereocenters. The largest absolute Gasteiger partial charge is 0.456 e. The Balaban J connectivity index is 1.67. The van der Waals surface area contributed by atoms with Gasteiger partial charge in [-0.05, 0) is 30.3 Å². The van der Waals surface area contributed by atoms with Crippen molar-refractivity contribution in [3.05, 3.63) is 66.0 Å². The van der Waals surface area contributed by atoms with Gasteiger partial charge in [0.2, 0.25) is 17.0 Å². The van der Waals surface area contributed by atoms with Crippen LogP contribution in [-0.2, 0) is 16.5 Å². The molecule has 5 nitrogen and oxygen atoms in total. The molecule has 1 aromatic heterocycles. The van der Waals surface area contributed by atoms with E-state index in [-0.39, 0.29) is 11.7 Å². The number of para-hydroxylation sites is 1. The summed E-state index contributed by atoms with van der Waals surface area (Å²) < 4.78 is 34.0. The number of carbonyl (C=O) groups excluding carboxylic acids is 1. The minimum Gasteiger partial charge on any atom is -0.456 e. The first-order valence-corrected chi connectivity index (χ1v) is 9.76. The molecule has 3 heterocycles. The molecule has 6 heteroatoms. The number of carbonyl (C=O) groups is 1. The predicted octanol–water partition coefficient (Wildman–Crippen LogP) is 4.28. The first-order chi connectivity index (χ1) is 14.6. The van der Waals surface area contributed by atoms with E-state index in [0.717, 1.165) is 27.8 Å². The van der Waals surface area contributed by atoms with E-state index in [4.69, 9.17) is 14.2 Å². The van der Waals surface area contributed by atoms with Crippen LogP contribution in [0.5, 0.6) is 11.5 Å². The van der Waals surface area contributed by atoms with Crippen LogP contribution in [0.25, 0.3) is 32.9 Å². The van der Waals surface area contributed by atoms with Gasteiger partial charge in [0.15, 0.2) is 0 Å². The average Bonchev–Trinajstić information content (AvgIpc) is 2.73. The third kappa shape index (κ3) is 2.31. The van der Waals surface area contributed by atoms with Crippen molar-refractivity contribution in [1.82, 2.24) is 0 Å². The molecule has 0 radical (unpaired) electrons. The molecule has 0 unspecified atom stereocenters.